The molecular formula is C32H39N3O2. The van der Waals surface area contributed by atoms with Crippen molar-refractivity contribution in [2.75, 3.05) is 50.7 Å². The molecule has 2 atom stereocenters. The van der Waals surface area contributed by atoms with Crippen LogP contribution >= 0.6 is 0 Å². The van der Waals surface area contributed by atoms with Gasteiger partial charge in [-0.25, -0.2) is 0 Å². The van der Waals surface area contributed by atoms with Gasteiger partial charge >= 0.3 is 0 Å². The van der Waals surface area contributed by atoms with E-state index in [1.807, 2.05) is 12.1 Å². The van der Waals surface area contributed by atoms with Gasteiger partial charge in [0.05, 0.1) is 5.60 Å². The highest BCUT2D eigenvalue weighted by Crippen LogP contribution is 2.47. The van der Waals surface area contributed by atoms with E-state index in [-0.39, 0.29) is 5.92 Å². The molecule has 194 valence electrons. The lowest BCUT2D eigenvalue weighted by Crippen LogP contribution is -2.54. The van der Waals surface area contributed by atoms with Crippen LogP contribution in [0.2, 0.25) is 0 Å². The number of nitrogens with zero attached hydrogens (tertiary/aromatic N) is 2. The average Bonchev–Trinajstić information content (AvgIpc) is 2.93. The lowest BCUT2D eigenvalue weighted by atomic mass is 9.69. The van der Waals surface area contributed by atoms with Crippen molar-refractivity contribution in [2.24, 2.45) is 0 Å². The van der Waals surface area contributed by atoms with Crippen molar-refractivity contribution >= 4 is 5.69 Å². The van der Waals surface area contributed by atoms with Gasteiger partial charge in [-0.15, -0.1) is 0 Å². The molecule has 5 nitrogen and oxygen atoms in total. The molecule has 2 saturated heterocycles. The lowest BCUT2D eigenvalue weighted by molar-refractivity contribution is -0.0218. The normalized spacial score (nSPS) is 24.0. The highest BCUT2D eigenvalue weighted by molar-refractivity contribution is 5.52. The monoisotopic (exact) mass is 497 g/mol. The molecule has 3 aromatic carbocycles. The molecule has 0 amide bonds. The van der Waals surface area contributed by atoms with Gasteiger partial charge in [0, 0.05) is 44.3 Å². The third-order valence-corrected chi connectivity index (χ3v) is 8.86. The summed E-state index contributed by atoms with van der Waals surface area (Å²) in [6, 6.07) is 26.1. The van der Waals surface area contributed by atoms with E-state index in [0.717, 1.165) is 71.5 Å². The van der Waals surface area contributed by atoms with Crippen LogP contribution in [-0.4, -0.2) is 66.5 Å². The minimum atomic E-state index is -0.530. The number of aryl methyl sites for hydroxylation is 1. The highest BCUT2D eigenvalue weighted by Gasteiger charge is 2.34. The molecule has 5 heteroatoms. The lowest BCUT2D eigenvalue weighted by Gasteiger charge is -2.41. The Morgan fingerprint density at radius 2 is 1.57 bits per heavy atom. The first-order valence-electron chi connectivity index (χ1n) is 14.0. The number of rotatable bonds is 5. The molecule has 1 aliphatic carbocycles. The smallest absolute Gasteiger partial charge is 0.115 e. The number of piperidine rings is 1. The van der Waals surface area contributed by atoms with E-state index in [0.29, 0.717) is 11.7 Å². The number of hydrogen-bond acceptors (Lipinski definition) is 5. The van der Waals surface area contributed by atoms with Crippen molar-refractivity contribution in [1.29, 1.82) is 0 Å². The number of aliphatic hydroxyl groups is 1. The second-order valence-corrected chi connectivity index (χ2v) is 11.2. The maximum absolute atomic E-state index is 10.9. The van der Waals surface area contributed by atoms with E-state index >= 15 is 0 Å². The highest BCUT2D eigenvalue weighted by atomic mass is 16.3. The molecule has 1 unspecified atom stereocenters. The molecule has 0 bridgehead atoms. The van der Waals surface area contributed by atoms with Crippen molar-refractivity contribution in [2.45, 2.75) is 43.1 Å². The first-order valence-corrected chi connectivity index (χ1v) is 14.0. The van der Waals surface area contributed by atoms with Crippen LogP contribution in [0.1, 0.15) is 53.4 Å². The number of piperazine rings is 1. The summed E-state index contributed by atoms with van der Waals surface area (Å²) < 4.78 is 0. The van der Waals surface area contributed by atoms with Gasteiger partial charge in [-0.2, -0.15) is 0 Å². The topological polar surface area (TPSA) is 59.0 Å². The molecule has 3 N–H and O–H groups in total. The van der Waals surface area contributed by atoms with Gasteiger partial charge in [0.2, 0.25) is 0 Å². The van der Waals surface area contributed by atoms with Crippen LogP contribution in [0, 0.1) is 0 Å². The first-order chi connectivity index (χ1) is 18.1. The molecular weight excluding hydrogens is 458 g/mol. The van der Waals surface area contributed by atoms with Gasteiger partial charge < -0.3 is 20.4 Å². The van der Waals surface area contributed by atoms with Crippen LogP contribution in [-0.2, 0) is 6.42 Å². The molecule has 0 spiro atoms. The fourth-order valence-corrected chi connectivity index (χ4v) is 6.80. The number of anilines is 1. The van der Waals surface area contributed by atoms with Crippen LogP contribution in [0.15, 0.2) is 72.8 Å². The molecule has 0 aromatic heterocycles. The van der Waals surface area contributed by atoms with Crippen molar-refractivity contribution in [3.8, 4) is 5.75 Å². The van der Waals surface area contributed by atoms with E-state index < -0.39 is 5.60 Å². The largest absolute Gasteiger partial charge is 0.508 e. The van der Waals surface area contributed by atoms with Gasteiger partial charge in [0.1, 0.15) is 5.75 Å². The zero-order valence-electron chi connectivity index (χ0n) is 21.6. The van der Waals surface area contributed by atoms with Crippen LogP contribution in [0.3, 0.4) is 0 Å². The third-order valence-electron chi connectivity index (χ3n) is 8.86. The molecule has 3 aromatic rings. The van der Waals surface area contributed by atoms with Crippen molar-refractivity contribution in [3.63, 3.8) is 0 Å². The number of hydrogen-bond donors (Lipinski definition) is 3. The summed E-state index contributed by atoms with van der Waals surface area (Å²) >= 11 is 0. The number of nitrogens with one attached hydrogen (secondary N) is 1. The summed E-state index contributed by atoms with van der Waals surface area (Å²) in [5.74, 6) is 1.06. The van der Waals surface area contributed by atoms with E-state index in [9.17, 15) is 10.2 Å². The summed E-state index contributed by atoms with van der Waals surface area (Å²) in [5, 5.41) is 24.4. The van der Waals surface area contributed by atoms with Gasteiger partial charge in [0.15, 0.2) is 0 Å². The number of phenolic OH excluding ortho intramolecular Hbond substituents is 1. The molecule has 3 aliphatic rings. The average molecular weight is 498 g/mol. The van der Waals surface area contributed by atoms with Crippen molar-refractivity contribution in [1.82, 2.24) is 10.2 Å². The summed E-state index contributed by atoms with van der Waals surface area (Å²) in [6.07, 6.45) is 3.77. The maximum Gasteiger partial charge on any atom is 0.115 e. The fraction of sp³-hybridized carbons (Fsp3) is 0.438. The second-order valence-electron chi connectivity index (χ2n) is 11.2. The van der Waals surface area contributed by atoms with Gasteiger partial charge in [-0.3, -0.25) is 4.90 Å². The first kappa shape index (κ1) is 24.5. The number of aromatic hydroxyl groups is 1. The predicted octanol–water partition coefficient (Wildman–Crippen LogP) is 4.49. The van der Waals surface area contributed by atoms with Crippen molar-refractivity contribution in [3.05, 3.63) is 95.1 Å². The maximum atomic E-state index is 10.9. The van der Waals surface area contributed by atoms with Crippen LogP contribution in [0.25, 0.3) is 0 Å². The molecule has 2 heterocycles. The quantitative estimate of drug-likeness (QED) is 0.485. The predicted molar refractivity (Wildman–Crippen MR) is 150 cm³/mol. The summed E-state index contributed by atoms with van der Waals surface area (Å²) in [6.45, 7) is 6.60. The number of phenols is 1. The van der Waals surface area contributed by atoms with Crippen molar-refractivity contribution < 1.29 is 10.2 Å². The fourth-order valence-electron chi connectivity index (χ4n) is 6.80. The molecule has 0 saturated carbocycles. The number of fused-ring (bicyclic) bond motifs is 1. The zero-order valence-corrected chi connectivity index (χ0v) is 21.6. The van der Waals surface area contributed by atoms with Gasteiger partial charge in [-0.1, -0.05) is 48.5 Å². The van der Waals surface area contributed by atoms with Crippen LogP contribution < -0.4 is 10.2 Å². The Balaban J connectivity index is 1.18. The third kappa shape index (κ3) is 5.26. The number of benzene rings is 3. The molecule has 6 rings (SSSR count). The summed E-state index contributed by atoms with van der Waals surface area (Å²) in [4.78, 5) is 4.92. The Hall–Kier alpha value is -2.86. The summed E-state index contributed by atoms with van der Waals surface area (Å²) in [5.41, 5.74) is 6.10. The van der Waals surface area contributed by atoms with Gasteiger partial charge in [0.25, 0.3) is 0 Å². The Labute approximate surface area is 220 Å². The van der Waals surface area contributed by atoms with Crippen LogP contribution in [0.4, 0.5) is 5.69 Å². The molecule has 2 aliphatic heterocycles. The van der Waals surface area contributed by atoms with E-state index in [2.05, 4.69) is 75.8 Å². The molecule has 0 radical (unpaired) electrons. The molecule has 37 heavy (non-hydrogen) atoms. The zero-order chi connectivity index (χ0) is 25.2. The summed E-state index contributed by atoms with van der Waals surface area (Å²) in [7, 11) is 0. The number of β-amino-alcohol motifs (C(OH)–C–C–N with tert-alkyl or cyclic N) is 1. The molecule has 2 fully saturated rings. The van der Waals surface area contributed by atoms with E-state index in [1.54, 1.807) is 0 Å². The second kappa shape index (κ2) is 10.5. The SMILES string of the molecule is Oc1ccc2c(c1)CC[C@H](c1ccccc1)C2c1ccc(N2CCN(CC3(O)CCNCC3)CC2)cc1. The minimum Gasteiger partial charge on any atom is -0.508 e. The Morgan fingerprint density at radius 3 is 2.30 bits per heavy atom. The Bertz CT molecular complexity index is 1180. The Kier molecular flexibility index (Phi) is 6.94. The van der Waals surface area contributed by atoms with Crippen LogP contribution in [0.5, 0.6) is 5.75 Å². The Morgan fingerprint density at radius 1 is 0.838 bits per heavy atom. The van der Waals surface area contributed by atoms with E-state index in [1.165, 1.54) is 27.9 Å². The van der Waals surface area contributed by atoms with Gasteiger partial charge in [-0.05, 0) is 91.2 Å². The van der Waals surface area contributed by atoms with E-state index in [4.69, 9.17) is 0 Å². The standard InChI is InChI=1S/C32H39N3O2/c36-28-11-13-30-26(22-28)8-12-29(24-4-2-1-3-5-24)31(30)25-6-9-27(10-7-25)35-20-18-34(19-21-35)23-32(37)14-16-33-17-15-32/h1-7,9-11,13,22,29,31,33,36-37H,8,12,14-21,23H2/t29-,31?/m1/s1. The minimum absolute atomic E-state index is 0.281.